The highest BCUT2D eigenvalue weighted by molar-refractivity contribution is 5.24. The summed E-state index contributed by atoms with van der Waals surface area (Å²) < 4.78 is 19.2. The smallest absolute Gasteiger partial charge is 0.165 e. The fourth-order valence-corrected chi connectivity index (χ4v) is 1.85. The van der Waals surface area contributed by atoms with Gasteiger partial charge in [0, 0.05) is 0 Å². The monoisotopic (exact) mass is 223 g/mol. The van der Waals surface area contributed by atoms with Crippen LogP contribution < -0.4 is 10.1 Å². The molecule has 1 saturated carbocycles. The van der Waals surface area contributed by atoms with Crippen molar-refractivity contribution in [1.29, 1.82) is 0 Å². The first-order valence-corrected chi connectivity index (χ1v) is 5.87. The first-order valence-electron chi connectivity index (χ1n) is 5.87. The van der Waals surface area contributed by atoms with E-state index in [2.05, 4.69) is 5.32 Å². The Morgan fingerprint density at radius 1 is 1.44 bits per heavy atom. The zero-order valence-electron chi connectivity index (χ0n) is 9.58. The van der Waals surface area contributed by atoms with Crippen molar-refractivity contribution >= 4 is 0 Å². The third-order valence-electron chi connectivity index (χ3n) is 2.94. The van der Waals surface area contributed by atoms with Gasteiger partial charge in [0.2, 0.25) is 0 Å². The van der Waals surface area contributed by atoms with Gasteiger partial charge in [0.05, 0.1) is 0 Å². The molecule has 1 unspecified atom stereocenters. The SMILES string of the molecule is CNCCC(Oc1ccccc1F)C1CC1. The molecule has 1 aliphatic carbocycles. The number of benzene rings is 1. The van der Waals surface area contributed by atoms with Gasteiger partial charge in [0.1, 0.15) is 6.10 Å². The molecule has 88 valence electrons. The summed E-state index contributed by atoms with van der Waals surface area (Å²) >= 11 is 0. The molecule has 16 heavy (non-hydrogen) atoms. The Bertz CT molecular complexity index is 338. The van der Waals surface area contributed by atoms with Crippen LogP contribution in [0.1, 0.15) is 19.3 Å². The van der Waals surface area contributed by atoms with Crippen LogP contribution in [0, 0.1) is 11.7 Å². The molecule has 1 aliphatic rings. The Morgan fingerprint density at radius 2 is 2.19 bits per heavy atom. The molecule has 0 amide bonds. The van der Waals surface area contributed by atoms with E-state index in [4.69, 9.17) is 4.74 Å². The summed E-state index contributed by atoms with van der Waals surface area (Å²) in [5, 5.41) is 3.11. The van der Waals surface area contributed by atoms with Crippen LogP contribution in [0.2, 0.25) is 0 Å². The highest BCUT2D eigenvalue weighted by atomic mass is 19.1. The molecule has 1 atom stereocenters. The number of para-hydroxylation sites is 1. The zero-order chi connectivity index (χ0) is 11.4. The quantitative estimate of drug-likeness (QED) is 0.800. The Hall–Kier alpha value is -1.09. The van der Waals surface area contributed by atoms with Gasteiger partial charge in [-0.2, -0.15) is 0 Å². The lowest BCUT2D eigenvalue weighted by atomic mass is 10.1. The van der Waals surface area contributed by atoms with Crippen LogP contribution in [-0.2, 0) is 0 Å². The largest absolute Gasteiger partial charge is 0.487 e. The average molecular weight is 223 g/mol. The molecular formula is C13H18FNO. The van der Waals surface area contributed by atoms with E-state index in [-0.39, 0.29) is 11.9 Å². The van der Waals surface area contributed by atoms with Crippen LogP contribution in [-0.4, -0.2) is 19.7 Å². The Kier molecular flexibility index (Phi) is 3.78. The molecule has 0 aromatic heterocycles. The minimum atomic E-state index is -0.266. The number of halogens is 1. The number of hydrogen-bond acceptors (Lipinski definition) is 2. The van der Waals surface area contributed by atoms with E-state index in [0.29, 0.717) is 11.7 Å². The summed E-state index contributed by atoms with van der Waals surface area (Å²) in [5.41, 5.74) is 0. The van der Waals surface area contributed by atoms with Gasteiger partial charge >= 0.3 is 0 Å². The fraction of sp³-hybridized carbons (Fsp3) is 0.538. The predicted octanol–water partition coefficient (Wildman–Crippen LogP) is 2.59. The highest BCUT2D eigenvalue weighted by Crippen LogP contribution is 2.36. The fourth-order valence-electron chi connectivity index (χ4n) is 1.85. The second-order valence-electron chi connectivity index (χ2n) is 4.32. The summed E-state index contributed by atoms with van der Waals surface area (Å²) in [6.45, 7) is 0.912. The molecule has 1 aromatic carbocycles. The van der Waals surface area contributed by atoms with Crippen LogP contribution >= 0.6 is 0 Å². The number of rotatable bonds is 6. The number of ether oxygens (including phenoxy) is 1. The molecule has 1 aromatic rings. The van der Waals surface area contributed by atoms with Gasteiger partial charge < -0.3 is 10.1 Å². The minimum absolute atomic E-state index is 0.157. The molecule has 0 bridgehead atoms. The second-order valence-corrected chi connectivity index (χ2v) is 4.32. The summed E-state index contributed by atoms with van der Waals surface area (Å²) in [6, 6.07) is 6.63. The van der Waals surface area contributed by atoms with Gasteiger partial charge in [0.15, 0.2) is 11.6 Å². The standard InChI is InChI=1S/C13H18FNO/c1-15-9-8-12(10-6-7-10)16-13-5-3-2-4-11(13)14/h2-5,10,12,15H,6-9H2,1H3. The Morgan fingerprint density at radius 3 is 2.81 bits per heavy atom. The summed E-state index contributed by atoms with van der Waals surface area (Å²) in [5.74, 6) is 0.737. The van der Waals surface area contributed by atoms with Crippen LogP contribution in [0.5, 0.6) is 5.75 Å². The lowest BCUT2D eigenvalue weighted by Crippen LogP contribution is -2.24. The van der Waals surface area contributed by atoms with Crippen LogP contribution in [0.4, 0.5) is 4.39 Å². The van der Waals surface area contributed by atoms with Gasteiger partial charge in [-0.15, -0.1) is 0 Å². The number of hydrogen-bond donors (Lipinski definition) is 1. The van der Waals surface area contributed by atoms with E-state index in [1.165, 1.54) is 18.9 Å². The topological polar surface area (TPSA) is 21.3 Å². The Balaban J connectivity index is 1.97. The van der Waals surface area contributed by atoms with Crippen molar-refractivity contribution in [2.45, 2.75) is 25.4 Å². The highest BCUT2D eigenvalue weighted by Gasteiger charge is 2.32. The van der Waals surface area contributed by atoms with E-state index >= 15 is 0 Å². The van der Waals surface area contributed by atoms with Crippen molar-refractivity contribution in [3.05, 3.63) is 30.1 Å². The van der Waals surface area contributed by atoms with E-state index in [0.717, 1.165) is 13.0 Å². The molecule has 1 N–H and O–H groups in total. The van der Waals surface area contributed by atoms with Gasteiger partial charge in [-0.05, 0) is 50.9 Å². The summed E-state index contributed by atoms with van der Waals surface area (Å²) in [4.78, 5) is 0. The van der Waals surface area contributed by atoms with Crippen molar-refractivity contribution in [3.8, 4) is 5.75 Å². The van der Waals surface area contributed by atoms with Gasteiger partial charge in [-0.1, -0.05) is 12.1 Å². The van der Waals surface area contributed by atoms with Crippen LogP contribution in [0.25, 0.3) is 0 Å². The van der Waals surface area contributed by atoms with Crippen molar-refractivity contribution < 1.29 is 9.13 Å². The van der Waals surface area contributed by atoms with E-state index in [9.17, 15) is 4.39 Å². The van der Waals surface area contributed by atoms with Crippen molar-refractivity contribution in [2.24, 2.45) is 5.92 Å². The van der Waals surface area contributed by atoms with Crippen molar-refractivity contribution in [1.82, 2.24) is 5.32 Å². The molecule has 0 saturated heterocycles. The summed E-state index contributed by atoms with van der Waals surface area (Å²) in [7, 11) is 1.92. The minimum Gasteiger partial charge on any atom is -0.487 e. The molecular weight excluding hydrogens is 205 g/mol. The van der Waals surface area contributed by atoms with E-state index < -0.39 is 0 Å². The maximum Gasteiger partial charge on any atom is 0.165 e. The molecule has 0 spiro atoms. The normalized spacial score (nSPS) is 17.1. The molecule has 2 nitrogen and oxygen atoms in total. The van der Waals surface area contributed by atoms with Gasteiger partial charge in [-0.3, -0.25) is 0 Å². The van der Waals surface area contributed by atoms with Gasteiger partial charge in [-0.25, -0.2) is 4.39 Å². The predicted molar refractivity (Wildman–Crippen MR) is 62.1 cm³/mol. The Labute approximate surface area is 95.8 Å². The second kappa shape index (κ2) is 5.30. The molecule has 3 heteroatoms. The summed E-state index contributed by atoms with van der Waals surface area (Å²) in [6.07, 6.45) is 3.52. The molecule has 2 rings (SSSR count). The van der Waals surface area contributed by atoms with Crippen LogP contribution in [0.3, 0.4) is 0 Å². The molecule has 0 heterocycles. The molecule has 0 aliphatic heterocycles. The zero-order valence-corrected chi connectivity index (χ0v) is 9.58. The first-order chi connectivity index (χ1) is 7.81. The third-order valence-corrected chi connectivity index (χ3v) is 2.94. The van der Waals surface area contributed by atoms with Crippen LogP contribution in [0.15, 0.2) is 24.3 Å². The van der Waals surface area contributed by atoms with E-state index in [1.54, 1.807) is 18.2 Å². The maximum atomic E-state index is 13.4. The van der Waals surface area contributed by atoms with E-state index in [1.807, 2.05) is 7.05 Å². The maximum absolute atomic E-state index is 13.4. The average Bonchev–Trinajstić information content (AvgIpc) is 3.10. The number of nitrogens with one attached hydrogen (secondary N) is 1. The lowest BCUT2D eigenvalue weighted by Gasteiger charge is -2.18. The first kappa shape index (κ1) is 11.4. The van der Waals surface area contributed by atoms with Gasteiger partial charge in [0.25, 0.3) is 0 Å². The van der Waals surface area contributed by atoms with Crippen molar-refractivity contribution in [2.75, 3.05) is 13.6 Å². The lowest BCUT2D eigenvalue weighted by molar-refractivity contribution is 0.161. The van der Waals surface area contributed by atoms with Crippen molar-refractivity contribution in [3.63, 3.8) is 0 Å². The molecule has 1 fully saturated rings. The third kappa shape index (κ3) is 2.95. The molecule has 0 radical (unpaired) electrons.